The first kappa shape index (κ1) is 17.2. The van der Waals surface area contributed by atoms with E-state index in [1.165, 1.54) is 10.4 Å². The lowest BCUT2D eigenvalue weighted by atomic mass is 10.1. The van der Waals surface area contributed by atoms with Crippen LogP contribution in [0.1, 0.15) is 5.56 Å². The molecule has 2 aromatic rings. The topological polar surface area (TPSA) is 66.9 Å². The van der Waals surface area contributed by atoms with Gasteiger partial charge in [-0.25, -0.2) is 8.42 Å². The van der Waals surface area contributed by atoms with E-state index in [0.29, 0.717) is 23.0 Å². The Morgan fingerprint density at radius 2 is 1.96 bits per heavy atom. The average molecular weight is 393 g/mol. The monoisotopic (exact) mass is 392 g/mol. The zero-order valence-electron chi connectivity index (χ0n) is 14.1. The van der Waals surface area contributed by atoms with E-state index in [1.54, 1.807) is 17.0 Å². The summed E-state index contributed by atoms with van der Waals surface area (Å²) in [4.78, 5) is 14.7. The van der Waals surface area contributed by atoms with Crippen LogP contribution in [0.2, 0.25) is 5.02 Å². The number of rotatable bonds is 2. The zero-order valence-corrected chi connectivity index (χ0v) is 15.6. The minimum Gasteiger partial charge on any atom is -0.476 e. The molecule has 1 atom stereocenters. The number of fused-ring (bicyclic) bond motifs is 2. The van der Waals surface area contributed by atoms with Crippen LogP contribution in [0.4, 0.5) is 11.4 Å². The first-order valence-corrected chi connectivity index (χ1v) is 10.4. The molecule has 0 saturated heterocycles. The molecule has 8 heteroatoms. The quantitative estimate of drug-likeness (QED) is 0.787. The van der Waals surface area contributed by atoms with Crippen LogP contribution in [0.3, 0.4) is 0 Å². The Morgan fingerprint density at radius 3 is 2.73 bits per heavy atom. The lowest BCUT2D eigenvalue weighted by Crippen LogP contribution is -2.51. The molecule has 0 spiro atoms. The standard InChI is InChI=1S/C18H17ClN2O4S/c1-26(23,24)21-11-17(25-16-7-6-13(19)10-15(16)21)18(22)20-9-8-12-4-2-3-5-14(12)20/h2-7,10,17H,8-9,11H2,1H3. The van der Waals surface area contributed by atoms with Crippen molar-refractivity contribution in [3.8, 4) is 5.75 Å². The number of hydrogen-bond donors (Lipinski definition) is 0. The summed E-state index contributed by atoms with van der Waals surface area (Å²) in [6, 6.07) is 12.4. The highest BCUT2D eigenvalue weighted by Crippen LogP contribution is 2.38. The number of nitrogens with zero attached hydrogens (tertiary/aromatic N) is 2. The summed E-state index contributed by atoms with van der Waals surface area (Å²) < 4.78 is 31.5. The van der Waals surface area contributed by atoms with Crippen molar-refractivity contribution in [3.63, 3.8) is 0 Å². The predicted molar refractivity (Wildman–Crippen MR) is 101 cm³/mol. The molecule has 0 fully saturated rings. The van der Waals surface area contributed by atoms with Crippen LogP contribution in [-0.2, 0) is 21.2 Å². The van der Waals surface area contributed by atoms with Gasteiger partial charge in [-0.2, -0.15) is 0 Å². The van der Waals surface area contributed by atoms with Crippen molar-refractivity contribution >= 4 is 38.9 Å². The fraction of sp³-hybridized carbons (Fsp3) is 0.278. The molecule has 0 aliphatic carbocycles. The van der Waals surface area contributed by atoms with E-state index >= 15 is 0 Å². The maximum absolute atomic E-state index is 13.1. The van der Waals surface area contributed by atoms with Crippen molar-refractivity contribution in [2.45, 2.75) is 12.5 Å². The molecule has 0 radical (unpaired) electrons. The minimum atomic E-state index is -3.58. The molecule has 4 rings (SSSR count). The van der Waals surface area contributed by atoms with Crippen LogP contribution in [0.5, 0.6) is 5.75 Å². The smallest absolute Gasteiger partial charge is 0.269 e. The third-order valence-corrected chi connectivity index (χ3v) is 6.00. The SMILES string of the molecule is CS(=O)(=O)N1CC(C(=O)N2CCc3ccccc32)Oc2ccc(Cl)cc21. The number of carbonyl (C=O) groups is 1. The zero-order chi connectivity index (χ0) is 18.5. The van der Waals surface area contributed by atoms with Crippen LogP contribution in [0, 0.1) is 0 Å². The molecule has 2 aliphatic heterocycles. The van der Waals surface area contributed by atoms with Crippen LogP contribution in [0.15, 0.2) is 42.5 Å². The van der Waals surface area contributed by atoms with Gasteiger partial charge >= 0.3 is 0 Å². The Morgan fingerprint density at radius 1 is 1.19 bits per heavy atom. The Kier molecular flexibility index (Phi) is 4.08. The van der Waals surface area contributed by atoms with Gasteiger partial charge in [0.2, 0.25) is 10.0 Å². The van der Waals surface area contributed by atoms with Crippen molar-refractivity contribution in [2.75, 3.05) is 28.6 Å². The Labute approximate surface area is 157 Å². The number of para-hydroxylation sites is 1. The first-order chi connectivity index (χ1) is 12.3. The lowest BCUT2D eigenvalue weighted by Gasteiger charge is -2.35. The van der Waals surface area contributed by atoms with Gasteiger partial charge in [0.1, 0.15) is 5.75 Å². The second-order valence-corrected chi connectivity index (χ2v) is 8.72. The number of amides is 1. The van der Waals surface area contributed by atoms with Crippen LogP contribution in [0.25, 0.3) is 0 Å². The maximum Gasteiger partial charge on any atom is 0.269 e. The van der Waals surface area contributed by atoms with Crippen molar-refractivity contribution in [2.24, 2.45) is 0 Å². The third-order valence-electron chi connectivity index (χ3n) is 4.62. The van der Waals surface area contributed by atoms with E-state index in [4.69, 9.17) is 16.3 Å². The van der Waals surface area contributed by atoms with Crippen molar-refractivity contribution in [3.05, 3.63) is 53.1 Å². The Bertz CT molecular complexity index is 992. The molecule has 136 valence electrons. The lowest BCUT2D eigenvalue weighted by molar-refractivity contribution is -0.125. The van der Waals surface area contributed by atoms with Gasteiger partial charge in [0.05, 0.1) is 18.5 Å². The van der Waals surface area contributed by atoms with Gasteiger partial charge in [-0.05, 0) is 36.2 Å². The molecule has 1 amide bonds. The van der Waals surface area contributed by atoms with Gasteiger partial charge in [-0.1, -0.05) is 29.8 Å². The van der Waals surface area contributed by atoms with E-state index in [0.717, 1.165) is 23.9 Å². The number of ether oxygens (including phenoxy) is 1. The molecule has 26 heavy (non-hydrogen) atoms. The largest absolute Gasteiger partial charge is 0.476 e. The summed E-state index contributed by atoms with van der Waals surface area (Å²) in [5.74, 6) is 0.0844. The fourth-order valence-electron chi connectivity index (χ4n) is 3.41. The molecule has 0 saturated carbocycles. The van der Waals surface area contributed by atoms with E-state index < -0.39 is 16.1 Å². The van der Waals surface area contributed by atoms with Crippen LogP contribution >= 0.6 is 11.6 Å². The average Bonchev–Trinajstić information content (AvgIpc) is 3.03. The molecule has 2 aromatic carbocycles. The van der Waals surface area contributed by atoms with E-state index in [-0.39, 0.29) is 12.5 Å². The predicted octanol–water partition coefficient (Wildman–Crippen LogP) is 2.46. The minimum absolute atomic E-state index is 0.0797. The Hall–Kier alpha value is -2.25. The van der Waals surface area contributed by atoms with Crippen molar-refractivity contribution in [1.82, 2.24) is 0 Å². The van der Waals surface area contributed by atoms with E-state index in [1.807, 2.05) is 24.3 Å². The second kappa shape index (κ2) is 6.17. The maximum atomic E-state index is 13.1. The van der Waals surface area contributed by atoms with Gasteiger partial charge < -0.3 is 9.64 Å². The highest BCUT2D eigenvalue weighted by atomic mass is 35.5. The molecule has 2 heterocycles. The molecular weight excluding hydrogens is 376 g/mol. The normalized spacial score (nSPS) is 18.9. The summed E-state index contributed by atoms with van der Waals surface area (Å²) in [6.45, 7) is 0.480. The molecule has 1 unspecified atom stereocenters. The van der Waals surface area contributed by atoms with Crippen LogP contribution < -0.4 is 13.9 Å². The number of anilines is 2. The number of hydrogen-bond acceptors (Lipinski definition) is 4. The Balaban J connectivity index is 1.69. The molecule has 0 aromatic heterocycles. The molecule has 0 bridgehead atoms. The number of benzene rings is 2. The number of sulfonamides is 1. The molecule has 2 aliphatic rings. The van der Waals surface area contributed by atoms with Crippen molar-refractivity contribution < 1.29 is 17.9 Å². The number of halogens is 1. The summed E-state index contributed by atoms with van der Waals surface area (Å²) in [5.41, 5.74) is 2.31. The van der Waals surface area contributed by atoms with E-state index in [9.17, 15) is 13.2 Å². The van der Waals surface area contributed by atoms with Gasteiger partial charge in [-0.3, -0.25) is 9.10 Å². The molecule has 0 N–H and O–H groups in total. The third kappa shape index (κ3) is 2.91. The summed E-state index contributed by atoms with van der Waals surface area (Å²) in [5, 5.41) is 0.402. The summed E-state index contributed by atoms with van der Waals surface area (Å²) >= 11 is 6.00. The number of carbonyl (C=O) groups excluding carboxylic acids is 1. The highest BCUT2D eigenvalue weighted by molar-refractivity contribution is 7.92. The summed E-state index contributed by atoms with van der Waals surface area (Å²) in [6.07, 6.45) is 0.969. The van der Waals surface area contributed by atoms with Gasteiger partial charge in [0.25, 0.3) is 5.91 Å². The first-order valence-electron chi connectivity index (χ1n) is 8.18. The summed E-state index contributed by atoms with van der Waals surface area (Å²) in [7, 11) is -3.58. The van der Waals surface area contributed by atoms with Crippen LogP contribution in [-0.4, -0.2) is 39.8 Å². The van der Waals surface area contributed by atoms with E-state index in [2.05, 4.69) is 0 Å². The van der Waals surface area contributed by atoms with Gasteiger partial charge in [0, 0.05) is 17.3 Å². The highest BCUT2D eigenvalue weighted by Gasteiger charge is 2.38. The fourth-order valence-corrected chi connectivity index (χ4v) is 4.48. The second-order valence-electron chi connectivity index (χ2n) is 6.38. The molecule has 6 nitrogen and oxygen atoms in total. The molecular formula is C18H17ClN2O4S. The van der Waals surface area contributed by atoms with Gasteiger partial charge in [0.15, 0.2) is 6.10 Å². The van der Waals surface area contributed by atoms with Crippen molar-refractivity contribution in [1.29, 1.82) is 0 Å². The van der Waals surface area contributed by atoms with Gasteiger partial charge in [-0.15, -0.1) is 0 Å².